The van der Waals surface area contributed by atoms with Gasteiger partial charge in [-0.3, -0.25) is 4.79 Å². The van der Waals surface area contributed by atoms with Crippen LogP contribution in [0.2, 0.25) is 0 Å². The second-order valence-corrected chi connectivity index (χ2v) is 6.79. The highest BCUT2D eigenvalue weighted by Crippen LogP contribution is 2.37. The normalized spacial score (nSPS) is 15.4. The minimum absolute atomic E-state index is 0.328. The van der Waals surface area contributed by atoms with Gasteiger partial charge in [-0.1, -0.05) is 12.1 Å². The molecule has 2 aromatic carbocycles. The number of carbonyl (C=O) groups excluding carboxylic acids is 1. The van der Waals surface area contributed by atoms with Gasteiger partial charge in [-0.15, -0.1) is 5.10 Å². The van der Waals surface area contributed by atoms with Crippen molar-refractivity contribution in [3.63, 3.8) is 0 Å². The lowest BCUT2D eigenvalue weighted by Crippen LogP contribution is -2.31. The van der Waals surface area contributed by atoms with Crippen molar-refractivity contribution in [1.82, 2.24) is 14.8 Å². The van der Waals surface area contributed by atoms with Crippen molar-refractivity contribution in [2.45, 2.75) is 13.0 Å². The van der Waals surface area contributed by atoms with Crippen molar-refractivity contribution in [3.05, 3.63) is 65.1 Å². The number of amides is 1. The van der Waals surface area contributed by atoms with Gasteiger partial charge < -0.3 is 20.5 Å². The first-order chi connectivity index (χ1) is 14.4. The fraction of sp³-hybridized carbons (Fsp3) is 0.190. The highest BCUT2D eigenvalue weighted by Gasteiger charge is 2.33. The van der Waals surface area contributed by atoms with Crippen LogP contribution in [0.3, 0.4) is 0 Å². The maximum atomic E-state index is 13.5. The van der Waals surface area contributed by atoms with Gasteiger partial charge in [0.05, 0.1) is 19.8 Å². The maximum Gasteiger partial charge on any atom is 0.248 e. The van der Waals surface area contributed by atoms with Crippen molar-refractivity contribution in [1.29, 1.82) is 0 Å². The molecule has 4 rings (SSSR count). The molecule has 154 valence electrons. The molecule has 0 unspecified atom stereocenters. The van der Waals surface area contributed by atoms with Gasteiger partial charge >= 0.3 is 0 Å². The van der Waals surface area contributed by atoms with Crippen LogP contribution in [0.5, 0.6) is 11.5 Å². The number of anilines is 1. The van der Waals surface area contributed by atoms with Crippen LogP contribution < -0.4 is 20.5 Å². The second-order valence-electron chi connectivity index (χ2n) is 6.79. The van der Waals surface area contributed by atoms with Crippen LogP contribution in [0.25, 0.3) is 11.4 Å². The minimum atomic E-state index is -0.645. The van der Waals surface area contributed by atoms with Gasteiger partial charge in [-0.05, 0) is 36.8 Å². The van der Waals surface area contributed by atoms with E-state index < -0.39 is 11.9 Å². The molecule has 1 aliphatic rings. The van der Waals surface area contributed by atoms with E-state index in [4.69, 9.17) is 15.2 Å². The number of allylic oxidation sites excluding steroid dienone is 1. The zero-order valence-corrected chi connectivity index (χ0v) is 16.6. The largest absolute Gasteiger partial charge is 0.497 e. The summed E-state index contributed by atoms with van der Waals surface area (Å²) in [7, 11) is 3.12. The van der Waals surface area contributed by atoms with E-state index in [0.29, 0.717) is 45.7 Å². The van der Waals surface area contributed by atoms with Crippen LogP contribution in [-0.2, 0) is 4.79 Å². The number of carbonyl (C=O) groups is 1. The molecular weight excluding hydrogens is 389 g/mol. The Hall–Kier alpha value is -3.88. The minimum Gasteiger partial charge on any atom is -0.497 e. The van der Waals surface area contributed by atoms with E-state index >= 15 is 0 Å². The topological polar surface area (TPSA) is 104 Å². The van der Waals surface area contributed by atoms with Crippen molar-refractivity contribution in [2.75, 3.05) is 19.5 Å². The molecule has 1 atom stereocenters. The Labute approximate surface area is 172 Å². The first-order valence-corrected chi connectivity index (χ1v) is 9.14. The highest BCUT2D eigenvalue weighted by molar-refractivity contribution is 5.95. The number of hydrogen-bond acceptors (Lipinski definition) is 6. The molecule has 3 N–H and O–H groups in total. The number of primary amides is 1. The molecule has 1 aliphatic heterocycles. The van der Waals surface area contributed by atoms with E-state index in [0.717, 1.165) is 0 Å². The van der Waals surface area contributed by atoms with Gasteiger partial charge in [0.1, 0.15) is 23.4 Å². The number of nitrogens with one attached hydrogen (secondary N) is 1. The molecule has 9 heteroatoms. The average Bonchev–Trinajstić information content (AvgIpc) is 3.16. The number of methoxy groups -OCH3 is 2. The molecular formula is C21H20FN5O3. The number of benzene rings is 2. The monoisotopic (exact) mass is 409 g/mol. The third-order valence-electron chi connectivity index (χ3n) is 4.91. The van der Waals surface area contributed by atoms with Crippen molar-refractivity contribution >= 4 is 11.9 Å². The Morgan fingerprint density at radius 2 is 1.77 bits per heavy atom. The van der Waals surface area contributed by atoms with Crippen molar-refractivity contribution < 1.29 is 18.7 Å². The average molecular weight is 409 g/mol. The van der Waals surface area contributed by atoms with E-state index in [2.05, 4.69) is 15.4 Å². The fourth-order valence-electron chi connectivity index (χ4n) is 3.48. The molecule has 0 bridgehead atoms. The number of nitrogens with two attached hydrogens (primary N) is 1. The number of ether oxygens (including phenoxy) is 2. The van der Waals surface area contributed by atoms with E-state index in [1.807, 2.05) is 0 Å². The standard InChI is InChI=1S/C21H20FN5O3/c1-11-17(19(23)28)18(12-4-6-14(22)7-5-12)27-21(24-11)25-20(26-27)13-8-15(29-2)10-16(9-13)30-3/h4-10,18H,1-3H3,(H2,23,28)(H,24,25,26)/t18-/m1/s1. The molecule has 30 heavy (non-hydrogen) atoms. The Balaban J connectivity index is 1.87. The fourth-order valence-corrected chi connectivity index (χ4v) is 3.48. The summed E-state index contributed by atoms with van der Waals surface area (Å²) < 4.78 is 25.7. The molecule has 0 saturated carbocycles. The van der Waals surface area contributed by atoms with Crippen LogP contribution in [0.4, 0.5) is 10.3 Å². The van der Waals surface area contributed by atoms with Crippen molar-refractivity contribution in [2.24, 2.45) is 5.73 Å². The number of hydrogen-bond donors (Lipinski definition) is 2. The number of nitrogens with zero attached hydrogens (tertiary/aromatic N) is 3. The Kier molecular flexibility index (Phi) is 4.86. The molecule has 0 radical (unpaired) electrons. The lowest BCUT2D eigenvalue weighted by atomic mass is 9.95. The van der Waals surface area contributed by atoms with Gasteiger partial charge in [0.2, 0.25) is 11.9 Å². The third kappa shape index (κ3) is 3.34. The predicted octanol–water partition coefficient (Wildman–Crippen LogP) is 2.88. The predicted molar refractivity (Wildman–Crippen MR) is 109 cm³/mol. The van der Waals surface area contributed by atoms with Crippen LogP contribution in [0, 0.1) is 5.82 Å². The van der Waals surface area contributed by atoms with E-state index in [9.17, 15) is 9.18 Å². The van der Waals surface area contributed by atoms with Gasteiger partial charge in [-0.25, -0.2) is 9.07 Å². The zero-order valence-electron chi connectivity index (χ0n) is 16.6. The number of fused-ring (bicyclic) bond motifs is 1. The summed E-state index contributed by atoms with van der Waals surface area (Å²) in [5.74, 6) is 1.04. The van der Waals surface area contributed by atoms with Crippen LogP contribution in [-0.4, -0.2) is 34.9 Å². The zero-order chi connectivity index (χ0) is 21.4. The smallest absolute Gasteiger partial charge is 0.248 e. The summed E-state index contributed by atoms with van der Waals surface area (Å²) in [5.41, 5.74) is 7.88. The van der Waals surface area contributed by atoms with E-state index in [1.165, 1.54) is 12.1 Å². The number of aromatic nitrogens is 3. The molecule has 0 spiro atoms. The summed E-state index contributed by atoms with van der Waals surface area (Å²) >= 11 is 0. The lowest BCUT2D eigenvalue weighted by molar-refractivity contribution is -0.115. The molecule has 2 heterocycles. The number of halogens is 1. The summed E-state index contributed by atoms with van der Waals surface area (Å²) in [6.07, 6.45) is 0. The highest BCUT2D eigenvalue weighted by atomic mass is 19.1. The maximum absolute atomic E-state index is 13.5. The SMILES string of the molecule is COc1cc(OC)cc(-c2nc3n(n2)[C@H](c2ccc(F)cc2)C(C(N)=O)=C(C)N3)c1. The van der Waals surface area contributed by atoms with E-state index in [-0.39, 0.29) is 5.82 Å². The molecule has 3 aromatic rings. The van der Waals surface area contributed by atoms with Gasteiger partial charge in [0.25, 0.3) is 0 Å². The second kappa shape index (κ2) is 7.51. The molecule has 0 saturated heterocycles. The lowest BCUT2D eigenvalue weighted by Gasteiger charge is -2.27. The summed E-state index contributed by atoms with van der Waals surface area (Å²) in [6, 6.07) is 10.5. The Bertz CT molecular complexity index is 1130. The first kappa shape index (κ1) is 19.4. The summed E-state index contributed by atoms with van der Waals surface area (Å²) in [6.45, 7) is 1.74. The van der Waals surface area contributed by atoms with Crippen molar-refractivity contribution in [3.8, 4) is 22.9 Å². The van der Waals surface area contributed by atoms with Crippen LogP contribution in [0.1, 0.15) is 18.5 Å². The molecule has 1 amide bonds. The van der Waals surface area contributed by atoms with Crippen LogP contribution in [0.15, 0.2) is 53.7 Å². The van der Waals surface area contributed by atoms with E-state index in [1.54, 1.807) is 56.2 Å². The molecule has 1 aromatic heterocycles. The van der Waals surface area contributed by atoms with Gasteiger partial charge in [0.15, 0.2) is 5.82 Å². The first-order valence-electron chi connectivity index (χ1n) is 9.14. The summed E-state index contributed by atoms with van der Waals surface area (Å²) in [4.78, 5) is 16.8. The molecule has 8 nitrogen and oxygen atoms in total. The number of rotatable bonds is 5. The Morgan fingerprint density at radius 1 is 1.13 bits per heavy atom. The quantitative estimate of drug-likeness (QED) is 0.672. The molecule has 0 aliphatic carbocycles. The molecule has 0 fully saturated rings. The van der Waals surface area contributed by atoms with Gasteiger partial charge in [0, 0.05) is 17.3 Å². The third-order valence-corrected chi connectivity index (χ3v) is 4.91. The Morgan fingerprint density at radius 3 is 2.33 bits per heavy atom. The summed E-state index contributed by atoms with van der Waals surface area (Å²) in [5, 5.41) is 7.70. The van der Waals surface area contributed by atoms with Crippen LogP contribution >= 0.6 is 0 Å². The van der Waals surface area contributed by atoms with Gasteiger partial charge in [-0.2, -0.15) is 4.98 Å².